The molecule has 2 heterocycles. The molecule has 0 spiro atoms. The van der Waals surface area contributed by atoms with E-state index in [0.717, 1.165) is 41.8 Å². The highest BCUT2D eigenvalue weighted by molar-refractivity contribution is 5.92. The fourth-order valence-corrected chi connectivity index (χ4v) is 3.99. The van der Waals surface area contributed by atoms with Gasteiger partial charge in [0.25, 0.3) is 0 Å². The number of anilines is 2. The summed E-state index contributed by atoms with van der Waals surface area (Å²) >= 11 is 0. The molecule has 1 fully saturated rings. The van der Waals surface area contributed by atoms with Crippen LogP contribution >= 0.6 is 0 Å². The molecule has 2 aliphatic rings. The number of hydrogen-bond acceptors (Lipinski definition) is 5. The zero-order valence-electron chi connectivity index (χ0n) is 18.1. The molecule has 1 saturated heterocycles. The van der Waals surface area contributed by atoms with Crippen molar-refractivity contribution in [1.29, 1.82) is 0 Å². The smallest absolute Gasteiger partial charge is 0.414 e. The molecule has 0 aliphatic carbocycles. The van der Waals surface area contributed by atoms with Gasteiger partial charge in [-0.1, -0.05) is 30.3 Å². The van der Waals surface area contributed by atoms with Crippen molar-refractivity contribution in [3.63, 3.8) is 0 Å². The highest BCUT2D eigenvalue weighted by Gasteiger charge is 2.33. The number of fused-ring (bicyclic) bond motifs is 1. The van der Waals surface area contributed by atoms with Crippen LogP contribution in [0.25, 0.3) is 0 Å². The van der Waals surface area contributed by atoms with Crippen LogP contribution in [0.2, 0.25) is 0 Å². The van der Waals surface area contributed by atoms with Gasteiger partial charge in [0, 0.05) is 19.2 Å². The Kier molecular flexibility index (Phi) is 6.58. The molecule has 0 unspecified atom stereocenters. The Morgan fingerprint density at radius 1 is 1.16 bits per heavy atom. The number of nitrogens with zero attached hydrogens (tertiary/aromatic N) is 2. The van der Waals surface area contributed by atoms with Gasteiger partial charge in [-0.25, -0.2) is 9.59 Å². The van der Waals surface area contributed by atoms with Crippen molar-refractivity contribution in [3.8, 4) is 0 Å². The second-order valence-corrected chi connectivity index (χ2v) is 8.02. The first kappa shape index (κ1) is 21.7. The Balaban J connectivity index is 1.47. The number of aryl methyl sites for hydroxylation is 1. The van der Waals surface area contributed by atoms with Gasteiger partial charge in [-0.3, -0.25) is 14.6 Å². The highest BCUT2D eigenvalue weighted by Crippen LogP contribution is 2.32. The Morgan fingerprint density at radius 3 is 2.75 bits per heavy atom. The highest BCUT2D eigenvalue weighted by atomic mass is 16.6. The number of carbonyl (C=O) groups is 3. The zero-order chi connectivity index (χ0) is 22.5. The average molecular weight is 437 g/mol. The van der Waals surface area contributed by atoms with Crippen LogP contribution in [-0.2, 0) is 27.3 Å². The number of rotatable bonds is 5. The maximum atomic E-state index is 12.8. The molecule has 2 aromatic rings. The van der Waals surface area contributed by atoms with Crippen molar-refractivity contribution in [2.24, 2.45) is 0 Å². The molecule has 1 N–H and O–H groups in total. The SMILES string of the molecule is CC(=O)NC[C@H]1CN(c2ccc3c(c2)CCCCN3C(=O)OCc2ccccc2)C(=O)O1. The van der Waals surface area contributed by atoms with Crippen molar-refractivity contribution in [1.82, 2.24) is 5.32 Å². The van der Waals surface area contributed by atoms with Gasteiger partial charge in [-0.2, -0.15) is 0 Å². The summed E-state index contributed by atoms with van der Waals surface area (Å²) in [5, 5.41) is 2.68. The van der Waals surface area contributed by atoms with Crippen molar-refractivity contribution in [2.45, 2.75) is 38.9 Å². The second-order valence-electron chi connectivity index (χ2n) is 8.02. The molecule has 3 amide bonds. The van der Waals surface area contributed by atoms with E-state index in [0.29, 0.717) is 13.1 Å². The summed E-state index contributed by atoms with van der Waals surface area (Å²) in [6.45, 7) is 2.88. The van der Waals surface area contributed by atoms with Crippen molar-refractivity contribution >= 4 is 29.5 Å². The van der Waals surface area contributed by atoms with Crippen molar-refractivity contribution in [3.05, 3.63) is 59.7 Å². The molecular weight excluding hydrogens is 410 g/mol. The van der Waals surface area contributed by atoms with Gasteiger partial charge >= 0.3 is 12.2 Å². The van der Waals surface area contributed by atoms with Gasteiger partial charge in [-0.15, -0.1) is 0 Å². The maximum absolute atomic E-state index is 12.8. The molecular formula is C24H27N3O5. The Labute approximate surface area is 187 Å². The van der Waals surface area contributed by atoms with Crippen LogP contribution < -0.4 is 15.1 Å². The number of hydrogen-bond donors (Lipinski definition) is 1. The third-order valence-corrected chi connectivity index (χ3v) is 5.62. The van der Waals surface area contributed by atoms with Crippen LogP contribution in [0, 0.1) is 0 Å². The van der Waals surface area contributed by atoms with Crippen LogP contribution in [0.5, 0.6) is 0 Å². The van der Waals surface area contributed by atoms with E-state index in [-0.39, 0.29) is 25.2 Å². The van der Waals surface area contributed by atoms with E-state index < -0.39 is 12.2 Å². The lowest BCUT2D eigenvalue weighted by Crippen LogP contribution is -2.33. The van der Waals surface area contributed by atoms with E-state index in [1.165, 1.54) is 6.92 Å². The van der Waals surface area contributed by atoms with E-state index in [2.05, 4.69) is 5.32 Å². The first-order valence-electron chi connectivity index (χ1n) is 10.8. The van der Waals surface area contributed by atoms with E-state index >= 15 is 0 Å². The molecule has 8 heteroatoms. The molecule has 1 atom stereocenters. The van der Waals surface area contributed by atoms with E-state index in [1.54, 1.807) is 9.80 Å². The summed E-state index contributed by atoms with van der Waals surface area (Å²) in [6.07, 6.45) is 1.41. The quantitative estimate of drug-likeness (QED) is 0.772. The standard InChI is InChI=1S/C24H27N3O5/c1-17(28)25-14-21-15-27(24(30)32-21)20-10-11-22-19(13-20)9-5-6-12-26(22)23(29)31-16-18-7-3-2-4-8-18/h2-4,7-8,10-11,13,21H,5-6,9,12,14-16H2,1H3,(H,25,28)/t21-/m0/s1. The monoisotopic (exact) mass is 437 g/mol. The predicted molar refractivity (Wildman–Crippen MR) is 120 cm³/mol. The molecule has 0 radical (unpaired) electrons. The van der Waals surface area contributed by atoms with Crippen LogP contribution in [0.3, 0.4) is 0 Å². The summed E-state index contributed by atoms with van der Waals surface area (Å²) in [5.41, 5.74) is 3.47. The van der Waals surface area contributed by atoms with Gasteiger partial charge in [0.05, 0.1) is 18.8 Å². The minimum Gasteiger partial charge on any atom is -0.444 e. The normalized spacial score (nSPS) is 17.9. The molecule has 8 nitrogen and oxygen atoms in total. The molecule has 2 aliphatic heterocycles. The number of carbonyl (C=O) groups excluding carboxylic acids is 3. The molecule has 32 heavy (non-hydrogen) atoms. The third-order valence-electron chi connectivity index (χ3n) is 5.62. The minimum absolute atomic E-state index is 0.163. The lowest BCUT2D eigenvalue weighted by molar-refractivity contribution is -0.119. The number of benzene rings is 2. The summed E-state index contributed by atoms with van der Waals surface area (Å²) in [5.74, 6) is -0.163. The van der Waals surface area contributed by atoms with E-state index in [4.69, 9.17) is 9.47 Å². The molecule has 0 aromatic heterocycles. The Bertz CT molecular complexity index is 994. The lowest BCUT2D eigenvalue weighted by atomic mass is 10.1. The van der Waals surface area contributed by atoms with Gasteiger partial charge in [-0.05, 0) is 48.6 Å². The van der Waals surface area contributed by atoms with E-state index in [9.17, 15) is 14.4 Å². The second kappa shape index (κ2) is 9.72. The van der Waals surface area contributed by atoms with Crippen LogP contribution in [0.1, 0.15) is 30.9 Å². The van der Waals surface area contributed by atoms with Crippen LogP contribution in [0.4, 0.5) is 21.0 Å². The molecule has 0 bridgehead atoms. The molecule has 4 rings (SSSR count). The number of nitrogens with one attached hydrogen (secondary N) is 1. The first-order chi connectivity index (χ1) is 15.5. The largest absolute Gasteiger partial charge is 0.444 e. The van der Waals surface area contributed by atoms with Crippen molar-refractivity contribution < 1.29 is 23.9 Å². The Morgan fingerprint density at radius 2 is 1.97 bits per heavy atom. The average Bonchev–Trinajstić information content (AvgIpc) is 3.04. The number of amides is 3. The van der Waals surface area contributed by atoms with Crippen LogP contribution in [0.15, 0.2) is 48.5 Å². The number of cyclic esters (lactones) is 1. The minimum atomic E-state index is -0.437. The summed E-state index contributed by atoms with van der Waals surface area (Å²) in [6, 6.07) is 15.2. The van der Waals surface area contributed by atoms with Gasteiger partial charge in [0.15, 0.2) is 0 Å². The molecule has 168 valence electrons. The summed E-state index contributed by atoms with van der Waals surface area (Å²) < 4.78 is 10.9. The lowest BCUT2D eigenvalue weighted by Gasteiger charge is -2.23. The summed E-state index contributed by atoms with van der Waals surface area (Å²) in [7, 11) is 0. The molecule has 0 saturated carbocycles. The van der Waals surface area contributed by atoms with Gasteiger partial charge in [0.1, 0.15) is 12.7 Å². The fourth-order valence-electron chi connectivity index (χ4n) is 3.99. The first-order valence-corrected chi connectivity index (χ1v) is 10.8. The Hall–Kier alpha value is -3.55. The van der Waals surface area contributed by atoms with Gasteiger partial charge in [0.2, 0.25) is 5.91 Å². The number of ether oxygens (including phenoxy) is 2. The predicted octanol–water partition coefficient (Wildman–Crippen LogP) is 3.63. The molecule has 2 aromatic carbocycles. The fraction of sp³-hybridized carbons (Fsp3) is 0.375. The zero-order valence-corrected chi connectivity index (χ0v) is 18.1. The summed E-state index contributed by atoms with van der Waals surface area (Å²) in [4.78, 5) is 39.6. The van der Waals surface area contributed by atoms with Crippen LogP contribution in [-0.4, -0.2) is 43.8 Å². The maximum Gasteiger partial charge on any atom is 0.414 e. The van der Waals surface area contributed by atoms with E-state index in [1.807, 2.05) is 48.5 Å². The topological polar surface area (TPSA) is 88.2 Å². The van der Waals surface area contributed by atoms with Crippen molar-refractivity contribution in [2.75, 3.05) is 29.4 Å². The third kappa shape index (κ3) is 5.01. The van der Waals surface area contributed by atoms with Gasteiger partial charge < -0.3 is 14.8 Å².